The number of sulfonamides is 1. The summed E-state index contributed by atoms with van der Waals surface area (Å²) in [5.74, 6) is -0.422. The molecule has 1 aromatic carbocycles. The van der Waals surface area contributed by atoms with Crippen LogP contribution in [0, 0.1) is 5.92 Å². The van der Waals surface area contributed by atoms with E-state index in [2.05, 4.69) is 10.0 Å². The minimum absolute atomic E-state index is 0.0161. The van der Waals surface area contributed by atoms with Gasteiger partial charge in [0.2, 0.25) is 10.0 Å². The number of rotatable bonds is 6. The maximum absolute atomic E-state index is 11.7. The minimum Gasteiger partial charge on any atom is -0.467 e. The molecule has 0 bridgehead atoms. The van der Waals surface area contributed by atoms with Crippen molar-refractivity contribution in [1.82, 2.24) is 4.72 Å². The fourth-order valence-corrected chi connectivity index (χ4v) is 2.51. The third-order valence-electron chi connectivity index (χ3n) is 3.03. The van der Waals surface area contributed by atoms with Crippen molar-refractivity contribution in [3.05, 3.63) is 18.2 Å². The van der Waals surface area contributed by atoms with Crippen LogP contribution in [0.2, 0.25) is 0 Å². The van der Waals surface area contributed by atoms with E-state index in [1.165, 1.54) is 32.4 Å². The van der Waals surface area contributed by atoms with Crippen LogP contribution in [0.15, 0.2) is 23.1 Å². The fraction of sp³-hybridized carbons (Fsp3) is 0.462. The molecule has 1 aromatic rings. The number of benzene rings is 1. The Morgan fingerprint density at radius 1 is 1.33 bits per heavy atom. The first-order valence-corrected chi connectivity index (χ1v) is 7.88. The maximum Gasteiger partial charge on any atom is 0.328 e. The smallest absolute Gasteiger partial charge is 0.328 e. The molecule has 0 saturated heterocycles. The van der Waals surface area contributed by atoms with Crippen LogP contribution in [0.3, 0.4) is 0 Å². The number of nitrogen functional groups attached to an aromatic ring is 1. The minimum atomic E-state index is -3.55. The predicted octanol–water partition coefficient (Wildman–Crippen LogP) is 0.786. The number of hydrogen-bond acceptors (Lipinski definition) is 6. The number of esters is 1. The lowest BCUT2D eigenvalue weighted by Gasteiger charge is -2.22. The van der Waals surface area contributed by atoms with Crippen LogP contribution < -0.4 is 15.8 Å². The van der Waals surface area contributed by atoms with Gasteiger partial charge in [-0.05, 0) is 31.2 Å². The summed E-state index contributed by atoms with van der Waals surface area (Å²) in [5.41, 5.74) is 6.57. The Bertz CT molecular complexity index is 614. The highest BCUT2D eigenvalue weighted by atomic mass is 32.2. The van der Waals surface area contributed by atoms with Gasteiger partial charge in [-0.25, -0.2) is 17.9 Å². The lowest BCUT2D eigenvalue weighted by atomic mass is 10.0. The monoisotopic (exact) mass is 315 g/mol. The number of methoxy groups -OCH3 is 1. The number of nitrogens with one attached hydrogen (secondary N) is 2. The Morgan fingerprint density at radius 3 is 2.38 bits per heavy atom. The fourth-order valence-electron chi connectivity index (χ4n) is 1.75. The summed E-state index contributed by atoms with van der Waals surface area (Å²) in [4.78, 5) is 11.8. The van der Waals surface area contributed by atoms with Gasteiger partial charge in [-0.3, -0.25) is 0 Å². The van der Waals surface area contributed by atoms with Crippen LogP contribution in [-0.2, 0) is 19.6 Å². The third-order valence-corrected chi connectivity index (χ3v) is 4.45. The summed E-state index contributed by atoms with van der Waals surface area (Å²) in [7, 11) is -0.919. The normalized spacial score (nSPS) is 13.0. The molecule has 0 aliphatic carbocycles. The number of ether oxygens (including phenoxy) is 1. The van der Waals surface area contributed by atoms with Gasteiger partial charge in [0.25, 0.3) is 0 Å². The second-order valence-corrected chi connectivity index (χ2v) is 6.73. The molecule has 0 aromatic heterocycles. The van der Waals surface area contributed by atoms with Crippen LogP contribution in [0.1, 0.15) is 13.8 Å². The molecule has 1 unspecified atom stereocenters. The van der Waals surface area contributed by atoms with E-state index in [1.807, 2.05) is 13.8 Å². The Morgan fingerprint density at radius 2 is 1.95 bits per heavy atom. The van der Waals surface area contributed by atoms with Crippen molar-refractivity contribution < 1.29 is 17.9 Å². The van der Waals surface area contributed by atoms with E-state index in [4.69, 9.17) is 10.5 Å². The molecule has 21 heavy (non-hydrogen) atoms. The zero-order valence-electron chi connectivity index (χ0n) is 12.5. The SMILES string of the molecule is CNS(=O)(=O)c1ccc(NC(C(=O)OC)C(C)C)c(N)c1. The molecule has 8 heteroatoms. The van der Waals surface area contributed by atoms with Gasteiger partial charge in [0.15, 0.2) is 0 Å². The van der Waals surface area contributed by atoms with Crippen LogP contribution in [0.5, 0.6) is 0 Å². The first-order chi connectivity index (χ1) is 9.72. The largest absolute Gasteiger partial charge is 0.467 e. The first kappa shape index (κ1) is 17.3. The Balaban J connectivity index is 3.08. The maximum atomic E-state index is 11.7. The van der Waals surface area contributed by atoms with Crippen molar-refractivity contribution in [2.24, 2.45) is 5.92 Å². The summed E-state index contributed by atoms with van der Waals surface area (Å²) in [6.45, 7) is 3.73. The summed E-state index contributed by atoms with van der Waals surface area (Å²) in [6, 6.07) is 3.71. The number of nitrogens with two attached hydrogens (primary N) is 1. The van der Waals surface area contributed by atoms with Crippen LogP contribution in [0.4, 0.5) is 11.4 Å². The molecule has 1 rings (SSSR count). The molecule has 7 nitrogen and oxygen atoms in total. The Labute approximate surface area is 124 Å². The van der Waals surface area contributed by atoms with E-state index >= 15 is 0 Å². The Kier molecular flexibility index (Phi) is 5.56. The van der Waals surface area contributed by atoms with Gasteiger partial charge in [-0.15, -0.1) is 0 Å². The average molecular weight is 315 g/mol. The number of carbonyl (C=O) groups excluding carboxylic acids is 1. The average Bonchev–Trinajstić information content (AvgIpc) is 2.44. The molecule has 0 aliphatic rings. The van der Waals surface area contributed by atoms with Crippen molar-refractivity contribution in [2.45, 2.75) is 24.8 Å². The second-order valence-electron chi connectivity index (χ2n) is 4.85. The molecule has 0 amide bonds. The van der Waals surface area contributed by atoms with Gasteiger partial charge in [0.05, 0.1) is 23.4 Å². The molecule has 0 fully saturated rings. The highest BCUT2D eigenvalue weighted by molar-refractivity contribution is 7.89. The van der Waals surface area contributed by atoms with Crippen LogP contribution in [-0.4, -0.2) is 34.6 Å². The van der Waals surface area contributed by atoms with Gasteiger partial charge in [0.1, 0.15) is 6.04 Å². The second kappa shape index (κ2) is 6.77. The lowest BCUT2D eigenvalue weighted by Crippen LogP contribution is -2.35. The predicted molar refractivity (Wildman–Crippen MR) is 81.4 cm³/mol. The van der Waals surface area contributed by atoms with Crippen molar-refractivity contribution in [3.8, 4) is 0 Å². The summed E-state index contributed by atoms with van der Waals surface area (Å²) >= 11 is 0. The molecule has 0 saturated carbocycles. The number of anilines is 2. The molecule has 0 spiro atoms. The lowest BCUT2D eigenvalue weighted by molar-refractivity contribution is -0.142. The zero-order chi connectivity index (χ0) is 16.2. The van der Waals surface area contributed by atoms with E-state index in [0.717, 1.165) is 0 Å². The van der Waals surface area contributed by atoms with E-state index in [1.54, 1.807) is 0 Å². The van der Waals surface area contributed by atoms with E-state index < -0.39 is 22.0 Å². The van der Waals surface area contributed by atoms with Gasteiger partial charge in [0, 0.05) is 0 Å². The van der Waals surface area contributed by atoms with Gasteiger partial charge in [-0.2, -0.15) is 0 Å². The van der Waals surface area contributed by atoms with Crippen molar-refractivity contribution in [3.63, 3.8) is 0 Å². The molecule has 1 atom stereocenters. The Hall–Kier alpha value is -1.80. The van der Waals surface area contributed by atoms with Crippen molar-refractivity contribution in [1.29, 1.82) is 0 Å². The topological polar surface area (TPSA) is 111 Å². The summed E-state index contributed by atoms with van der Waals surface area (Å²) in [6.07, 6.45) is 0. The number of hydrogen-bond donors (Lipinski definition) is 3. The van der Waals surface area contributed by atoms with Crippen LogP contribution >= 0.6 is 0 Å². The van der Waals surface area contributed by atoms with Gasteiger partial charge < -0.3 is 15.8 Å². The summed E-state index contributed by atoms with van der Waals surface area (Å²) in [5, 5.41) is 2.98. The molecule has 0 radical (unpaired) electrons. The van der Waals surface area contributed by atoms with E-state index in [0.29, 0.717) is 5.69 Å². The molecular weight excluding hydrogens is 294 g/mol. The van der Waals surface area contributed by atoms with Gasteiger partial charge in [-0.1, -0.05) is 13.8 Å². The van der Waals surface area contributed by atoms with E-state index in [9.17, 15) is 13.2 Å². The molecular formula is C13H21N3O4S. The van der Waals surface area contributed by atoms with Crippen molar-refractivity contribution >= 4 is 27.4 Å². The van der Waals surface area contributed by atoms with Gasteiger partial charge >= 0.3 is 5.97 Å². The molecule has 118 valence electrons. The molecule has 0 aliphatic heterocycles. The highest BCUT2D eigenvalue weighted by Crippen LogP contribution is 2.24. The summed E-state index contributed by atoms with van der Waals surface area (Å²) < 4.78 is 30.3. The zero-order valence-corrected chi connectivity index (χ0v) is 13.3. The quantitative estimate of drug-likeness (QED) is 0.528. The van der Waals surface area contributed by atoms with Crippen molar-refractivity contribution in [2.75, 3.05) is 25.2 Å². The third kappa shape index (κ3) is 4.08. The highest BCUT2D eigenvalue weighted by Gasteiger charge is 2.24. The first-order valence-electron chi connectivity index (χ1n) is 6.40. The molecule has 0 heterocycles. The van der Waals surface area contributed by atoms with E-state index in [-0.39, 0.29) is 16.5 Å². The molecule has 4 N–H and O–H groups in total. The van der Waals surface area contributed by atoms with Crippen LogP contribution in [0.25, 0.3) is 0 Å². The standard InChI is InChI=1S/C13H21N3O4S/c1-8(2)12(13(17)20-4)16-11-6-5-9(7-10(11)14)21(18,19)15-3/h5-8,12,15-16H,14H2,1-4H3. The number of carbonyl (C=O) groups is 1.